The molecule has 1 aliphatic rings. The van der Waals surface area contributed by atoms with Crippen molar-refractivity contribution in [1.82, 2.24) is 16.1 Å². The van der Waals surface area contributed by atoms with Crippen LogP contribution < -0.4 is 30.3 Å². The minimum atomic E-state index is -1.17. The van der Waals surface area contributed by atoms with Crippen LogP contribution in [0.15, 0.2) is 75.4 Å². The van der Waals surface area contributed by atoms with Crippen LogP contribution in [-0.4, -0.2) is 54.8 Å². The Balaban J connectivity index is 1.36. The number of aliphatic hydroxyl groups is 1. The van der Waals surface area contributed by atoms with Crippen LogP contribution in [0.1, 0.15) is 36.6 Å². The van der Waals surface area contributed by atoms with E-state index in [1.165, 1.54) is 25.5 Å². The number of nitrogens with one attached hydrogen (secondary N) is 3. The van der Waals surface area contributed by atoms with Gasteiger partial charge >= 0.3 is 12.0 Å². The number of rotatable bonds is 14. The zero-order valence-corrected chi connectivity index (χ0v) is 29.2. The fraction of sp³-hybridized carbons (Fsp3) is 0.258. The van der Waals surface area contributed by atoms with E-state index in [0.717, 1.165) is 14.7 Å². The molecule has 0 saturated heterocycles. The molecule has 3 aromatic rings. The van der Waals surface area contributed by atoms with Gasteiger partial charge in [-0.1, -0.05) is 6.07 Å². The second kappa shape index (κ2) is 16.4. The molecular formula is C31H31BrIN5O9. The molecule has 248 valence electrons. The lowest BCUT2D eigenvalue weighted by molar-refractivity contribution is -0.384. The van der Waals surface area contributed by atoms with E-state index in [4.69, 9.17) is 18.9 Å². The number of halogens is 2. The molecule has 3 aromatic carbocycles. The Bertz CT molecular complexity index is 1680. The van der Waals surface area contributed by atoms with Gasteiger partial charge in [-0.15, -0.1) is 0 Å². The van der Waals surface area contributed by atoms with Crippen molar-refractivity contribution in [3.05, 3.63) is 101 Å². The number of urea groups is 1. The summed E-state index contributed by atoms with van der Waals surface area (Å²) in [5.74, 6) is 0.711. The molecule has 0 aliphatic carbocycles. The van der Waals surface area contributed by atoms with Crippen LogP contribution in [0.4, 0.5) is 10.5 Å². The van der Waals surface area contributed by atoms with E-state index in [2.05, 4.69) is 59.7 Å². The summed E-state index contributed by atoms with van der Waals surface area (Å²) >= 11 is 5.64. The number of hydrogen-bond donors (Lipinski definition) is 4. The lowest BCUT2D eigenvalue weighted by atomic mass is 9.95. The first-order chi connectivity index (χ1) is 22.5. The number of aliphatic hydroxyl groups excluding tert-OH is 1. The fourth-order valence-electron chi connectivity index (χ4n) is 4.48. The van der Waals surface area contributed by atoms with Gasteiger partial charge in [-0.2, -0.15) is 5.10 Å². The Morgan fingerprint density at radius 1 is 1.17 bits per heavy atom. The molecule has 0 saturated carbocycles. The maximum atomic E-state index is 12.4. The largest absolute Gasteiger partial charge is 0.490 e. The lowest BCUT2D eigenvalue weighted by Gasteiger charge is -2.28. The zero-order chi connectivity index (χ0) is 34.1. The highest BCUT2D eigenvalue weighted by Gasteiger charge is 2.32. The number of carbonyl (C=O) groups is 2. The molecule has 1 aliphatic heterocycles. The Kier molecular flexibility index (Phi) is 12.4. The molecular weight excluding hydrogens is 793 g/mol. The number of nitro benzene ring substituents is 1. The van der Waals surface area contributed by atoms with Gasteiger partial charge in [0.15, 0.2) is 17.7 Å². The van der Waals surface area contributed by atoms with E-state index in [1.807, 2.05) is 6.07 Å². The van der Waals surface area contributed by atoms with Crippen molar-refractivity contribution in [2.75, 3.05) is 20.3 Å². The third-order valence-corrected chi connectivity index (χ3v) is 8.05. The number of esters is 1. The molecule has 4 N–H and O–H groups in total. The van der Waals surface area contributed by atoms with Gasteiger partial charge in [-0.05, 0) is 105 Å². The molecule has 47 heavy (non-hydrogen) atoms. The van der Waals surface area contributed by atoms with Crippen LogP contribution in [0.3, 0.4) is 0 Å². The first-order valence-electron chi connectivity index (χ1n) is 14.1. The van der Waals surface area contributed by atoms with E-state index >= 15 is 0 Å². The van der Waals surface area contributed by atoms with E-state index < -0.39 is 29.2 Å². The van der Waals surface area contributed by atoms with Crippen molar-refractivity contribution in [3.63, 3.8) is 0 Å². The van der Waals surface area contributed by atoms with Crippen LogP contribution in [0, 0.1) is 13.7 Å². The van der Waals surface area contributed by atoms with E-state index in [9.17, 15) is 24.8 Å². The smallest absolute Gasteiger partial charge is 0.337 e. The van der Waals surface area contributed by atoms with Crippen molar-refractivity contribution < 1.29 is 38.6 Å². The number of allylic oxidation sites excluding steroid dienone is 1. The summed E-state index contributed by atoms with van der Waals surface area (Å²) in [5.41, 5.74) is 5.34. The number of nitrogens with zero attached hydrogens (tertiary/aromatic N) is 2. The Labute approximate surface area is 291 Å². The van der Waals surface area contributed by atoms with Gasteiger partial charge in [-0.25, -0.2) is 9.59 Å². The minimum Gasteiger partial charge on any atom is -0.490 e. The van der Waals surface area contributed by atoms with Crippen molar-refractivity contribution in [2.45, 2.75) is 32.7 Å². The van der Waals surface area contributed by atoms with Gasteiger partial charge in [0.1, 0.15) is 19.0 Å². The van der Waals surface area contributed by atoms with Crippen molar-refractivity contribution >= 4 is 62.4 Å². The van der Waals surface area contributed by atoms with Crippen molar-refractivity contribution in [2.24, 2.45) is 5.10 Å². The first kappa shape index (κ1) is 35.4. The molecule has 0 unspecified atom stereocenters. The van der Waals surface area contributed by atoms with E-state index in [0.29, 0.717) is 39.6 Å². The second-order valence-corrected chi connectivity index (χ2v) is 12.0. The standard InChI is InChI=1S/C31H31BrIN5O9/c1-4-45-25-13-20(28-27(30(40)44-3)17(2)35-31(41)36-28)7-10-24(25)46-16-26(39)37-34-14-19-11-22(32)29(23(33)12-19)47-15-18-5-8-21(9-6-18)38(42)43/h5-14,26,28,37,39H,4,15-16H2,1-3H3,(H2,35,36,41)/b34-14-/t26-,28+/m1/s1. The average Bonchev–Trinajstić information content (AvgIpc) is 3.03. The molecule has 0 aromatic heterocycles. The summed E-state index contributed by atoms with van der Waals surface area (Å²) in [4.78, 5) is 35.0. The number of non-ortho nitro benzene ring substituents is 1. The van der Waals surface area contributed by atoms with Crippen molar-refractivity contribution in [1.29, 1.82) is 0 Å². The van der Waals surface area contributed by atoms with E-state index in [-0.39, 0.29) is 24.5 Å². The maximum absolute atomic E-state index is 12.4. The van der Waals surface area contributed by atoms with Gasteiger partial charge in [0.05, 0.1) is 44.5 Å². The van der Waals surface area contributed by atoms with Crippen molar-refractivity contribution in [3.8, 4) is 17.2 Å². The van der Waals surface area contributed by atoms with Gasteiger partial charge < -0.3 is 34.7 Å². The zero-order valence-electron chi connectivity index (χ0n) is 25.4. The number of carbonyl (C=O) groups excluding carboxylic acids is 2. The van der Waals surface area contributed by atoms with Crippen LogP contribution in [0.5, 0.6) is 17.2 Å². The summed E-state index contributed by atoms with van der Waals surface area (Å²) in [5, 5.41) is 30.7. The highest BCUT2D eigenvalue weighted by atomic mass is 127. The SMILES string of the molecule is CCOc1cc([C@@H]2NC(=O)NC(C)=C2C(=O)OC)ccc1OC[C@@H](O)N/N=C\c1cc(Br)c(OCc2ccc([N+](=O)[O-])cc2)c(I)c1. The molecule has 0 spiro atoms. The first-order valence-corrected chi connectivity index (χ1v) is 16.0. The summed E-state index contributed by atoms with van der Waals surface area (Å²) in [6, 6.07) is 13.5. The Morgan fingerprint density at radius 2 is 1.91 bits per heavy atom. The predicted molar refractivity (Wildman–Crippen MR) is 183 cm³/mol. The quantitative estimate of drug-likeness (QED) is 0.0428. The maximum Gasteiger partial charge on any atom is 0.337 e. The van der Waals surface area contributed by atoms with Gasteiger partial charge in [0, 0.05) is 17.8 Å². The number of methoxy groups -OCH3 is 1. The second-order valence-electron chi connectivity index (χ2n) is 9.94. The van der Waals surface area contributed by atoms with Gasteiger partial charge in [-0.3, -0.25) is 15.5 Å². The summed E-state index contributed by atoms with van der Waals surface area (Å²) in [6.45, 7) is 3.78. The third-order valence-electron chi connectivity index (χ3n) is 6.66. The Hall–Kier alpha value is -4.42. The van der Waals surface area contributed by atoms with Gasteiger partial charge in [0.25, 0.3) is 5.69 Å². The molecule has 1 heterocycles. The Morgan fingerprint density at radius 3 is 2.57 bits per heavy atom. The monoisotopic (exact) mass is 823 g/mol. The molecule has 0 fully saturated rings. The molecule has 2 atom stereocenters. The molecule has 4 rings (SSSR count). The number of benzene rings is 3. The number of hydrazone groups is 1. The highest BCUT2D eigenvalue weighted by molar-refractivity contribution is 14.1. The van der Waals surface area contributed by atoms with Crippen LogP contribution in [0.2, 0.25) is 0 Å². The lowest BCUT2D eigenvalue weighted by Crippen LogP contribution is -2.45. The highest BCUT2D eigenvalue weighted by Crippen LogP contribution is 2.35. The molecule has 16 heteroatoms. The fourth-order valence-corrected chi connectivity index (χ4v) is 6.25. The molecule has 2 amide bonds. The molecule has 14 nitrogen and oxygen atoms in total. The summed E-state index contributed by atoms with van der Waals surface area (Å²) in [6.07, 6.45) is 0.353. The van der Waals surface area contributed by atoms with Gasteiger partial charge in [0.2, 0.25) is 0 Å². The van der Waals surface area contributed by atoms with Crippen LogP contribution in [0.25, 0.3) is 0 Å². The number of nitro groups is 1. The number of hydrogen-bond acceptors (Lipinski definition) is 11. The van der Waals surface area contributed by atoms with Crippen LogP contribution in [-0.2, 0) is 16.1 Å². The minimum absolute atomic E-state index is 0.0115. The number of amides is 2. The average molecular weight is 824 g/mol. The molecule has 0 bridgehead atoms. The summed E-state index contributed by atoms with van der Waals surface area (Å²) < 4.78 is 23.9. The topological polar surface area (TPSA) is 183 Å². The number of ether oxygens (including phenoxy) is 4. The van der Waals surface area contributed by atoms with Crippen LogP contribution >= 0.6 is 38.5 Å². The summed E-state index contributed by atoms with van der Waals surface area (Å²) in [7, 11) is 1.27. The third kappa shape index (κ3) is 9.32. The predicted octanol–water partition coefficient (Wildman–Crippen LogP) is 5.06. The van der Waals surface area contributed by atoms with E-state index in [1.54, 1.807) is 50.2 Å². The normalized spacial score (nSPS) is 15.0. The molecule has 0 radical (unpaired) electrons.